The second-order valence-corrected chi connectivity index (χ2v) is 6.97. The Morgan fingerprint density at radius 1 is 1.04 bits per heavy atom. The Labute approximate surface area is 158 Å². The molecule has 2 saturated heterocycles. The molecule has 2 aliphatic rings. The smallest absolute Gasteiger partial charge is 0.272 e. The van der Waals surface area contributed by atoms with Crippen LogP contribution < -0.4 is 0 Å². The molecule has 0 saturated carbocycles. The summed E-state index contributed by atoms with van der Waals surface area (Å²) in [7, 11) is 0. The van der Waals surface area contributed by atoms with Gasteiger partial charge in [0, 0.05) is 45.5 Å². The topological polar surface area (TPSA) is 69.6 Å². The van der Waals surface area contributed by atoms with Gasteiger partial charge in [0.05, 0.1) is 6.04 Å². The SMILES string of the molecule is O=C(c1ccncn1)N1CCC2C(=O)N(Cc3ccccc3)CCN2CC1. The van der Waals surface area contributed by atoms with Gasteiger partial charge in [0.2, 0.25) is 5.91 Å². The molecule has 0 spiro atoms. The quantitative estimate of drug-likeness (QED) is 0.813. The number of carbonyl (C=O) groups is 2. The number of aromatic nitrogens is 2. The van der Waals surface area contributed by atoms with Crippen LogP contribution in [-0.2, 0) is 11.3 Å². The third-order valence-electron chi connectivity index (χ3n) is 5.33. The lowest BCUT2D eigenvalue weighted by Crippen LogP contribution is -2.56. The molecule has 2 amide bonds. The number of benzene rings is 1. The second kappa shape index (κ2) is 7.84. The maximum Gasteiger partial charge on any atom is 0.272 e. The molecule has 2 fully saturated rings. The lowest BCUT2D eigenvalue weighted by atomic mass is 10.1. The average Bonchev–Trinajstić information content (AvgIpc) is 2.94. The van der Waals surface area contributed by atoms with Gasteiger partial charge in [0.1, 0.15) is 12.0 Å². The number of amides is 2. The van der Waals surface area contributed by atoms with Crippen molar-refractivity contribution in [2.45, 2.75) is 19.0 Å². The van der Waals surface area contributed by atoms with Crippen LogP contribution in [0.2, 0.25) is 0 Å². The largest absolute Gasteiger partial charge is 0.336 e. The zero-order valence-electron chi connectivity index (χ0n) is 15.2. The van der Waals surface area contributed by atoms with Gasteiger partial charge in [-0.2, -0.15) is 0 Å². The molecule has 1 aromatic heterocycles. The molecule has 7 heteroatoms. The molecule has 27 heavy (non-hydrogen) atoms. The Bertz CT molecular complexity index is 799. The predicted molar refractivity (Wildman–Crippen MR) is 99.8 cm³/mol. The van der Waals surface area contributed by atoms with E-state index in [-0.39, 0.29) is 17.9 Å². The van der Waals surface area contributed by atoms with Gasteiger partial charge in [-0.1, -0.05) is 30.3 Å². The van der Waals surface area contributed by atoms with E-state index in [0.29, 0.717) is 38.3 Å². The summed E-state index contributed by atoms with van der Waals surface area (Å²) < 4.78 is 0. The Morgan fingerprint density at radius 3 is 2.63 bits per heavy atom. The normalized spacial score (nSPS) is 20.9. The zero-order chi connectivity index (χ0) is 18.6. The Hall–Kier alpha value is -2.80. The molecule has 2 aromatic rings. The second-order valence-electron chi connectivity index (χ2n) is 6.97. The minimum Gasteiger partial charge on any atom is -0.336 e. The number of hydrogen-bond acceptors (Lipinski definition) is 5. The highest BCUT2D eigenvalue weighted by Crippen LogP contribution is 2.20. The summed E-state index contributed by atoms with van der Waals surface area (Å²) in [6.07, 6.45) is 3.62. The van der Waals surface area contributed by atoms with Crippen molar-refractivity contribution in [1.82, 2.24) is 24.7 Å². The molecule has 4 rings (SSSR count). The summed E-state index contributed by atoms with van der Waals surface area (Å²) >= 11 is 0. The number of piperazine rings is 1. The van der Waals surface area contributed by atoms with Crippen LogP contribution in [0.1, 0.15) is 22.5 Å². The molecule has 1 atom stereocenters. The van der Waals surface area contributed by atoms with E-state index >= 15 is 0 Å². The number of fused-ring (bicyclic) bond motifs is 1. The lowest BCUT2D eigenvalue weighted by molar-refractivity contribution is -0.142. The average molecular weight is 365 g/mol. The van der Waals surface area contributed by atoms with E-state index in [1.807, 2.05) is 23.1 Å². The number of carbonyl (C=O) groups excluding carboxylic acids is 2. The van der Waals surface area contributed by atoms with Gasteiger partial charge in [0.25, 0.3) is 5.91 Å². The van der Waals surface area contributed by atoms with E-state index in [1.165, 1.54) is 6.33 Å². The molecule has 2 aliphatic heterocycles. The fourth-order valence-corrected chi connectivity index (χ4v) is 3.84. The molecule has 0 radical (unpaired) electrons. The number of nitrogens with zero attached hydrogens (tertiary/aromatic N) is 5. The van der Waals surface area contributed by atoms with Crippen LogP contribution in [0.5, 0.6) is 0 Å². The first-order valence-electron chi connectivity index (χ1n) is 9.34. The van der Waals surface area contributed by atoms with Crippen molar-refractivity contribution in [3.8, 4) is 0 Å². The lowest BCUT2D eigenvalue weighted by Gasteiger charge is -2.39. The van der Waals surface area contributed by atoms with Gasteiger partial charge < -0.3 is 9.80 Å². The molecule has 140 valence electrons. The van der Waals surface area contributed by atoms with Crippen LogP contribution >= 0.6 is 0 Å². The van der Waals surface area contributed by atoms with Crippen LogP contribution in [0.4, 0.5) is 0 Å². The highest BCUT2D eigenvalue weighted by Gasteiger charge is 2.37. The maximum atomic E-state index is 13.0. The van der Waals surface area contributed by atoms with Gasteiger partial charge in [-0.05, 0) is 18.1 Å². The van der Waals surface area contributed by atoms with E-state index < -0.39 is 0 Å². The third kappa shape index (κ3) is 3.83. The minimum atomic E-state index is -0.148. The molecule has 1 unspecified atom stereocenters. The highest BCUT2D eigenvalue weighted by atomic mass is 16.2. The standard InChI is InChI=1S/C20H23N5O2/c26-19(17-6-8-21-15-22-17)24-9-7-18-20(27)25(13-11-23(18)10-12-24)14-16-4-2-1-3-5-16/h1-6,8,15,18H,7,9-14H2. The molecule has 0 aliphatic carbocycles. The third-order valence-corrected chi connectivity index (χ3v) is 5.33. The van der Waals surface area contributed by atoms with Gasteiger partial charge in [-0.15, -0.1) is 0 Å². The number of hydrogen-bond donors (Lipinski definition) is 0. The van der Waals surface area contributed by atoms with Crippen molar-refractivity contribution in [3.05, 3.63) is 60.2 Å². The summed E-state index contributed by atoms with van der Waals surface area (Å²) in [6.45, 7) is 4.11. The van der Waals surface area contributed by atoms with Crippen LogP contribution in [-0.4, -0.2) is 75.2 Å². The van der Waals surface area contributed by atoms with Crippen LogP contribution in [0.15, 0.2) is 48.9 Å². The molecule has 3 heterocycles. The van der Waals surface area contributed by atoms with Gasteiger partial charge in [-0.3, -0.25) is 14.5 Å². The summed E-state index contributed by atoms with van der Waals surface area (Å²) in [6, 6.07) is 11.6. The molecular formula is C20H23N5O2. The summed E-state index contributed by atoms with van der Waals surface area (Å²) in [5.74, 6) is 0.0762. The van der Waals surface area contributed by atoms with Crippen molar-refractivity contribution >= 4 is 11.8 Å². The Balaban J connectivity index is 1.42. The van der Waals surface area contributed by atoms with Gasteiger partial charge >= 0.3 is 0 Å². The summed E-state index contributed by atoms with van der Waals surface area (Å²) in [5, 5.41) is 0. The maximum absolute atomic E-state index is 13.0. The molecule has 7 nitrogen and oxygen atoms in total. The van der Waals surface area contributed by atoms with E-state index in [9.17, 15) is 9.59 Å². The predicted octanol–water partition coefficient (Wildman–Crippen LogP) is 1.04. The summed E-state index contributed by atoms with van der Waals surface area (Å²) in [4.78, 5) is 39.6. The first-order valence-corrected chi connectivity index (χ1v) is 9.34. The van der Waals surface area contributed by atoms with Crippen LogP contribution in [0.25, 0.3) is 0 Å². The van der Waals surface area contributed by atoms with Gasteiger partial charge in [-0.25, -0.2) is 9.97 Å². The Kier molecular flexibility index (Phi) is 5.11. The Morgan fingerprint density at radius 2 is 1.85 bits per heavy atom. The molecular weight excluding hydrogens is 342 g/mol. The van der Waals surface area contributed by atoms with Crippen molar-refractivity contribution < 1.29 is 9.59 Å². The first-order chi connectivity index (χ1) is 13.2. The first kappa shape index (κ1) is 17.6. The number of rotatable bonds is 3. The van der Waals surface area contributed by atoms with E-state index in [4.69, 9.17) is 0 Å². The van der Waals surface area contributed by atoms with Crippen molar-refractivity contribution in [2.24, 2.45) is 0 Å². The van der Waals surface area contributed by atoms with Gasteiger partial charge in [0.15, 0.2) is 0 Å². The van der Waals surface area contributed by atoms with Crippen molar-refractivity contribution in [1.29, 1.82) is 0 Å². The molecule has 1 aromatic carbocycles. The molecule has 0 N–H and O–H groups in total. The fourth-order valence-electron chi connectivity index (χ4n) is 3.84. The van der Waals surface area contributed by atoms with Crippen molar-refractivity contribution in [2.75, 3.05) is 32.7 Å². The van der Waals surface area contributed by atoms with E-state index in [0.717, 1.165) is 18.7 Å². The highest BCUT2D eigenvalue weighted by molar-refractivity contribution is 5.92. The van der Waals surface area contributed by atoms with Crippen molar-refractivity contribution in [3.63, 3.8) is 0 Å². The zero-order valence-corrected chi connectivity index (χ0v) is 15.2. The fraction of sp³-hybridized carbons (Fsp3) is 0.400. The van der Waals surface area contributed by atoms with Crippen LogP contribution in [0.3, 0.4) is 0 Å². The molecule has 0 bridgehead atoms. The van der Waals surface area contributed by atoms with E-state index in [2.05, 4.69) is 27.0 Å². The monoisotopic (exact) mass is 365 g/mol. The van der Waals surface area contributed by atoms with E-state index in [1.54, 1.807) is 17.2 Å². The summed E-state index contributed by atoms with van der Waals surface area (Å²) in [5.41, 5.74) is 1.55. The minimum absolute atomic E-state index is 0.0918. The van der Waals surface area contributed by atoms with Crippen LogP contribution in [0, 0.1) is 0 Å².